The third kappa shape index (κ3) is 6.64. The Morgan fingerprint density at radius 2 is 1.82 bits per heavy atom. The van der Waals surface area contributed by atoms with Crippen LogP contribution in [-0.2, 0) is 0 Å². The van der Waals surface area contributed by atoms with Gasteiger partial charge >= 0.3 is 6.03 Å². The Kier molecular flexibility index (Phi) is 8.85. The molecule has 3 aromatic rings. The molecule has 10 nitrogen and oxygen atoms in total. The molecule has 5 rings (SSSR count). The number of aromatic nitrogens is 2. The van der Waals surface area contributed by atoms with Gasteiger partial charge in [-0.25, -0.2) is 14.8 Å². The smallest absolute Gasteiger partial charge is 0.321 e. The quantitative estimate of drug-likeness (QED) is 0.423. The maximum atomic E-state index is 12.8. The number of nitrogens with zero attached hydrogens (tertiary/aromatic N) is 6. The van der Waals surface area contributed by atoms with E-state index in [1.54, 1.807) is 42.6 Å². The summed E-state index contributed by atoms with van der Waals surface area (Å²) >= 11 is 2.02. The molecule has 0 radical (unpaired) electrons. The summed E-state index contributed by atoms with van der Waals surface area (Å²) in [4.78, 5) is 28.3. The van der Waals surface area contributed by atoms with Gasteiger partial charge in [0, 0.05) is 74.5 Å². The monoisotopic (exact) mass is 547 g/mol. The van der Waals surface area contributed by atoms with Crippen molar-refractivity contribution in [3.8, 4) is 17.6 Å². The number of thioether (sulfide) groups is 1. The Labute approximate surface area is 232 Å². The van der Waals surface area contributed by atoms with Crippen LogP contribution in [-0.4, -0.2) is 96.8 Å². The number of amides is 2. The van der Waals surface area contributed by atoms with E-state index in [9.17, 15) is 4.79 Å². The van der Waals surface area contributed by atoms with Gasteiger partial charge in [0.2, 0.25) is 0 Å². The van der Waals surface area contributed by atoms with E-state index in [0.29, 0.717) is 55.5 Å². The van der Waals surface area contributed by atoms with Crippen molar-refractivity contribution in [2.75, 3.05) is 81.3 Å². The van der Waals surface area contributed by atoms with Crippen molar-refractivity contribution >= 4 is 40.2 Å². The second-order valence-corrected chi connectivity index (χ2v) is 10.7. The first-order chi connectivity index (χ1) is 19.1. The van der Waals surface area contributed by atoms with Crippen LogP contribution in [0.5, 0.6) is 11.5 Å². The molecule has 0 atom stereocenters. The first-order valence-corrected chi connectivity index (χ1v) is 14.4. The van der Waals surface area contributed by atoms with Gasteiger partial charge in [0.15, 0.2) is 11.5 Å². The summed E-state index contributed by atoms with van der Waals surface area (Å²) in [7, 11) is 1.65. The van der Waals surface area contributed by atoms with Crippen molar-refractivity contribution in [2.24, 2.45) is 0 Å². The molecule has 1 N–H and O–H groups in total. The predicted molar refractivity (Wildman–Crippen MR) is 154 cm³/mol. The zero-order valence-corrected chi connectivity index (χ0v) is 23.0. The summed E-state index contributed by atoms with van der Waals surface area (Å²) in [6.07, 6.45) is 2.54. The van der Waals surface area contributed by atoms with Gasteiger partial charge in [0.25, 0.3) is 0 Å². The van der Waals surface area contributed by atoms with Crippen molar-refractivity contribution in [1.29, 1.82) is 5.26 Å². The average Bonchev–Trinajstić information content (AvgIpc) is 2.99. The first kappa shape index (κ1) is 26.8. The number of methoxy groups -OCH3 is 1. The number of urea groups is 1. The fourth-order valence-electron chi connectivity index (χ4n) is 4.82. The van der Waals surface area contributed by atoms with Crippen LogP contribution in [0.1, 0.15) is 12.0 Å². The van der Waals surface area contributed by atoms with Crippen LogP contribution in [0.4, 0.5) is 16.3 Å². The molecule has 0 saturated carbocycles. The number of carbonyl (C=O) groups is 1. The summed E-state index contributed by atoms with van der Waals surface area (Å²) < 4.78 is 11.8. The second-order valence-electron chi connectivity index (χ2n) is 9.47. The van der Waals surface area contributed by atoms with Gasteiger partial charge in [-0.05, 0) is 36.8 Å². The Morgan fingerprint density at radius 3 is 2.54 bits per heavy atom. The van der Waals surface area contributed by atoms with Gasteiger partial charge in [-0.1, -0.05) is 0 Å². The third-order valence-corrected chi connectivity index (χ3v) is 7.95. The number of hydrogen-bond acceptors (Lipinski definition) is 9. The highest BCUT2D eigenvalue weighted by Crippen LogP contribution is 2.35. The van der Waals surface area contributed by atoms with Gasteiger partial charge in [0.05, 0.1) is 30.9 Å². The topological polar surface area (TPSA) is 107 Å². The summed E-state index contributed by atoms with van der Waals surface area (Å²) in [5.41, 5.74) is 2.02. The molecule has 2 aliphatic rings. The lowest BCUT2D eigenvalue weighted by molar-refractivity contribution is 0.208. The van der Waals surface area contributed by atoms with E-state index >= 15 is 0 Å². The largest absolute Gasteiger partial charge is 0.493 e. The lowest BCUT2D eigenvalue weighted by Gasteiger charge is -2.35. The summed E-state index contributed by atoms with van der Waals surface area (Å²) in [6, 6.07) is 12.6. The SMILES string of the molecule is COc1cc2c(N3CCN(C(=O)Nc4ccc(C#N)cc4)CC3)ncnc2cc1OCCCN1CCSCC1. The number of nitriles is 1. The van der Waals surface area contributed by atoms with Gasteiger partial charge in [0.1, 0.15) is 12.1 Å². The molecule has 2 saturated heterocycles. The van der Waals surface area contributed by atoms with Crippen molar-refractivity contribution in [3.63, 3.8) is 0 Å². The molecular weight excluding hydrogens is 514 g/mol. The van der Waals surface area contributed by atoms with Crippen molar-refractivity contribution < 1.29 is 14.3 Å². The Balaban J connectivity index is 1.20. The van der Waals surface area contributed by atoms with Crippen molar-refractivity contribution in [3.05, 3.63) is 48.3 Å². The maximum absolute atomic E-state index is 12.8. The minimum absolute atomic E-state index is 0.158. The summed E-state index contributed by atoms with van der Waals surface area (Å²) in [5.74, 6) is 4.59. The lowest BCUT2D eigenvalue weighted by atomic mass is 10.2. The van der Waals surface area contributed by atoms with E-state index < -0.39 is 0 Å². The third-order valence-electron chi connectivity index (χ3n) is 7.01. The lowest BCUT2D eigenvalue weighted by Crippen LogP contribution is -2.50. The van der Waals surface area contributed by atoms with E-state index in [0.717, 1.165) is 42.8 Å². The summed E-state index contributed by atoms with van der Waals surface area (Å²) in [5, 5.41) is 12.8. The Hall–Kier alpha value is -3.75. The zero-order chi connectivity index (χ0) is 27.0. The van der Waals surface area contributed by atoms with Crippen molar-refractivity contribution in [1.82, 2.24) is 19.8 Å². The fourth-order valence-corrected chi connectivity index (χ4v) is 5.80. The van der Waals surface area contributed by atoms with Crippen LogP contribution >= 0.6 is 11.8 Å². The number of fused-ring (bicyclic) bond motifs is 1. The standard InChI is InChI=1S/C28H33N7O3S/c1-37-25-17-23-24(18-26(25)38-14-2-7-33-12-15-39-16-13-33)30-20-31-27(23)34-8-10-35(11-9-34)28(36)32-22-5-3-21(19-29)4-6-22/h3-6,17-18,20H,2,7-16H2,1H3,(H,32,36). The van der Waals surface area contributed by atoms with Crippen LogP contribution < -0.4 is 19.7 Å². The van der Waals surface area contributed by atoms with Gasteiger partial charge in [-0.2, -0.15) is 17.0 Å². The minimum Gasteiger partial charge on any atom is -0.493 e. The molecule has 2 amide bonds. The normalized spacial score (nSPS) is 16.1. The molecule has 2 fully saturated rings. The van der Waals surface area contributed by atoms with Crippen molar-refractivity contribution in [2.45, 2.75) is 6.42 Å². The molecule has 1 aromatic heterocycles. The van der Waals surface area contributed by atoms with Gasteiger partial charge < -0.3 is 29.5 Å². The molecule has 3 heterocycles. The first-order valence-electron chi connectivity index (χ1n) is 13.2. The Morgan fingerprint density at radius 1 is 1.05 bits per heavy atom. The highest BCUT2D eigenvalue weighted by atomic mass is 32.2. The molecule has 39 heavy (non-hydrogen) atoms. The molecule has 204 valence electrons. The van der Waals surface area contributed by atoms with E-state index in [4.69, 9.17) is 14.7 Å². The predicted octanol–water partition coefficient (Wildman–Crippen LogP) is 3.68. The fraction of sp³-hybridized carbons (Fsp3) is 0.429. The van der Waals surface area contributed by atoms with E-state index in [1.165, 1.54) is 11.5 Å². The average molecular weight is 548 g/mol. The molecule has 2 aromatic carbocycles. The molecule has 0 spiro atoms. The van der Waals surface area contributed by atoms with Crippen LogP contribution in [0.15, 0.2) is 42.7 Å². The van der Waals surface area contributed by atoms with E-state index in [2.05, 4.69) is 31.2 Å². The van der Waals surface area contributed by atoms with Gasteiger partial charge in [-0.15, -0.1) is 0 Å². The van der Waals surface area contributed by atoms with E-state index in [1.807, 2.05) is 23.9 Å². The highest BCUT2D eigenvalue weighted by molar-refractivity contribution is 7.99. The maximum Gasteiger partial charge on any atom is 0.321 e. The van der Waals surface area contributed by atoms with Gasteiger partial charge in [-0.3, -0.25) is 0 Å². The highest BCUT2D eigenvalue weighted by Gasteiger charge is 2.24. The molecule has 0 aliphatic carbocycles. The number of nitrogens with one attached hydrogen (secondary N) is 1. The number of anilines is 2. The van der Waals surface area contributed by atoms with E-state index in [-0.39, 0.29) is 6.03 Å². The van der Waals surface area contributed by atoms with Crippen LogP contribution in [0.2, 0.25) is 0 Å². The molecule has 0 unspecified atom stereocenters. The number of ether oxygens (including phenoxy) is 2. The number of hydrogen-bond donors (Lipinski definition) is 1. The number of piperazine rings is 1. The zero-order valence-electron chi connectivity index (χ0n) is 22.1. The molecule has 0 bridgehead atoms. The number of benzene rings is 2. The minimum atomic E-state index is -0.158. The number of rotatable bonds is 8. The molecular formula is C28H33N7O3S. The molecule has 2 aliphatic heterocycles. The van der Waals surface area contributed by atoms with Crippen LogP contribution in [0.25, 0.3) is 10.9 Å². The number of carbonyl (C=O) groups excluding carboxylic acids is 1. The Bertz CT molecular complexity index is 1320. The van der Waals surface area contributed by atoms with Crippen LogP contribution in [0.3, 0.4) is 0 Å². The second kappa shape index (κ2) is 12.9. The van der Waals surface area contributed by atoms with Crippen LogP contribution in [0, 0.1) is 11.3 Å². The summed E-state index contributed by atoms with van der Waals surface area (Å²) in [6.45, 7) is 6.36. The molecule has 11 heteroatoms.